The fraction of sp³-hybridized carbons (Fsp3) is 0.372. The molecule has 0 amide bonds. The van der Waals surface area contributed by atoms with Gasteiger partial charge in [0.05, 0.1) is 12.2 Å². The molecule has 0 aliphatic carbocycles. The fourth-order valence-electron chi connectivity index (χ4n) is 7.76. The van der Waals surface area contributed by atoms with Crippen LogP contribution in [0.2, 0.25) is 0 Å². The van der Waals surface area contributed by atoms with Crippen LogP contribution in [0.1, 0.15) is 99.0 Å². The highest BCUT2D eigenvalue weighted by molar-refractivity contribution is 5.99. The van der Waals surface area contributed by atoms with Crippen molar-refractivity contribution in [3.8, 4) is 16.9 Å². The molecule has 1 atom stereocenters. The third-order valence-electron chi connectivity index (χ3n) is 10.1. The number of nitrogens with zero attached hydrogens (tertiary/aromatic N) is 2. The summed E-state index contributed by atoms with van der Waals surface area (Å²) in [7, 11) is 0. The number of aryl methyl sites for hydroxylation is 1. The maximum absolute atomic E-state index is 13.8. The van der Waals surface area contributed by atoms with Crippen molar-refractivity contribution in [3.05, 3.63) is 119 Å². The number of fused-ring (bicyclic) bond motifs is 2. The van der Waals surface area contributed by atoms with Crippen LogP contribution in [0.5, 0.6) is 5.75 Å². The van der Waals surface area contributed by atoms with Crippen molar-refractivity contribution in [3.63, 3.8) is 0 Å². The van der Waals surface area contributed by atoms with Crippen LogP contribution >= 0.6 is 0 Å². The van der Waals surface area contributed by atoms with Gasteiger partial charge in [-0.25, -0.2) is 4.79 Å². The molecular formula is C43H50N2O3. The Hall–Kier alpha value is -4.51. The molecule has 6 rings (SSSR count). The Kier molecular flexibility index (Phi) is 10.2. The van der Waals surface area contributed by atoms with Gasteiger partial charge in [-0.05, 0) is 70.0 Å². The monoisotopic (exact) mass is 642 g/mol. The lowest BCUT2D eigenvalue weighted by Crippen LogP contribution is -2.31. The minimum Gasteiger partial charge on any atom is -0.493 e. The Balaban J connectivity index is 1.56. The average molecular weight is 643 g/mol. The number of rotatable bonds is 15. The molecule has 5 heteroatoms. The van der Waals surface area contributed by atoms with Gasteiger partial charge in [0.2, 0.25) is 0 Å². The lowest BCUT2D eigenvalue weighted by Gasteiger charge is -2.32. The standard InChI is InChI=1S/C43H50N2O3/c1-6-10-11-12-13-20-29-45-31(5)41(35-23-16-19-26-39(35)45)43(36-24-17-14-22-34(36)42(46)48-43)37-28-27-32(30-40(37)47-9-4)33-21-15-18-25-38(33)44(7-2)8-3/h14-19,21-28,30H,6-13,20,29H2,1-5H3. The Morgan fingerprint density at radius 3 is 2.21 bits per heavy atom. The molecule has 0 saturated carbocycles. The minimum atomic E-state index is -1.18. The normalized spacial score (nSPS) is 15.5. The summed E-state index contributed by atoms with van der Waals surface area (Å²) in [5.74, 6) is 0.414. The molecule has 5 aromatic rings. The second-order valence-electron chi connectivity index (χ2n) is 12.8. The van der Waals surface area contributed by atoms with Gasteiger partial charge in [-0.15, -0.1) is 0 Å². The molecule has 0 fully saturated rings. The topological polar surface area (TPSA) is 43.7 Å². The molecular weight excluding hydrogens is 592 g/mol. The van der Waals surface area contributed by atoms with Crippen LogP contribution in [0, 0.1) is 6.92 Å². The molecule has 1 aromatic heterocycles. The first-order chi connectivity index (χ1) is 23.5. The van der Waals surface area contributed by atoms with Crippen LogP contribution in [-0.2, 0) is 16.9 Å². The number of hydrogen-bond donors (Lipinski definition) is 0. The zero-order valence-corrected chi connectivity index (χ0v) is 29.4. The van der Waals surface area contributed by atoms with Gasteiger partial charge in [0.25, 0.3) is 0 Å². The zero-order chi connectivity index (χ0) is 33.7. The third-order valence-corrected chi connectivity index (χ3v) is 10.1. The van der Waals surface area contributed by atoms with Gasteiger partial charge in [-0.1, -0.05) is 99.7 Å². The predicted octanol–water partition coefficient (Wildman–Crippen LogP) is 10.7. The molecule has 250 valence electrons. The van der Waals surface area contributed by atoms with Crippen LogP contribution in [-0.4, -0.2) is 30.2 Å². The van der Waals surface area contributed by atoms with Crippen molar-refractivity contribution in [1.82, 2.24) is 4.57 Å². The van der Waals surface area contributed by atoms with Crippen LogP contribution in [0.25, 0.3) is 22.0 Å². The van der Waals surface area contributed by atoms with E-state index in [9.17, 15) is 4.79 Å². The van der Waals surface area contributed by atoms with E-state index in [2.05, 4.69) is 110 Å². The summed E-state index contributed by atoms with van der Waals surface area (Å²) < 4.78 is 15.7. The van der Waals surface area contributed by atoms with Gasteiger partial charge in [0.15, 0.2) is 5.60 Å². The van der Waals surface area contributed by atoms with E-state index >= 15 is 0 Å². The van der Waals surface area contributed by atoms with E-state index in [-0.39, 0.29) is 5.97 Å². The highest BCUT2D eigenvalue weighted by Crippen LogP contribution is 2.53. The number of aromatic nitrogens is 1. The first-order valence-electron chi connectivity index (χ1n) is 18.0. The SMILES string of the molecule is CCCCCCCCn1c(C)c(C2(c3ccc(-c4ccccc4N(CC)CC)cc3OCC)OC(=O)c3ccccc32)c2ccccc21. The lowest BCUT2D eigenvalue weighted by molar-refractivity contribution is 0.0246. The lowest BCUT2D eigenvalue weighted by atomic mass is 9.77. The van der Waals surface area contributed by atoms with Crippen molar-refractivity contribution in [1.29, 1.82) is 0 Å². The average Bonchev–Trinajstić information content (AvgIpc) is 3.57. The van der Waals surface area contributed by atoms with Crippen molar-refractivity contribution in [2.45, 2.75) is 85.3 Å². The van der Waals surface area contributed by atoms with Crippen molar-refractivity contribution >= 4 is 22.6 Å². The van der Waals surface area contributed by atoms with Gasteiger partial charge < -0.3 is 18.9 Å². The van der Waals surface area contributed by atoms with Crippen molar-refractivity contribution < 1.29 is 14.3 Å². The van der Waals surface area contributed by atoms with E-state index < -0.39 is 5.60 Å². The van der Waals surface area contributed by atoms with Gasteiger partial charge in [0, 0.05) is 64.2 Å². The zero-order valence-electron chi connectivity index (χ0n) is 29.4. The van der Waals surface area contributed by atoms with E-state index in [1.165, 1.54) is 43.3 Å². The van der Waals surface area contributed by atoms with Crippen LogP contribution in [0.4, 0.5) is 5.69 Å². The number of para-hydroxylation sites is 2. The second-order valence-corrected chi connectivity index (χ2v) is 12.8. The van der Waals surface area contributed by atoms with E-state index in [4.69, 9.17) is 9.47 Å². The number of carbonyl (C=O) groups is 1. The van der Waals surface area contributed by atoms with Gasteiger partial charge in [-0.2, -0.15) is 0 Å². The summed E-state index contributed by atoms with van der Waals surface area (Å²) in [6, 6.07) is 31.5. The summed E-state index contributed by atoms with van der Waals surface area (Å²) >= 11 is 0. The van der Waals surface area contributed by atoms with Crippen molar-refractivity contribution in [2.75, 3.05) is 24.6 Å². The molecule has 48 heavy (non-hydrogen) atoms. The molecule has 0 N–H and O–H groups in total. The second kappa shape index (κ2) is 14.7. The minimum absolute atomic E-state index is 0.309. The summed E-state index contributed by atoms with van der Waals surface area (Å²) in [5.41, 5.74) is 7.84. The number of hydrogen-bond acceptors (Lipinski definition) is 4. The number of carbonyl (C=O) groups excluding carboxylic acids is 1. The molecule has 4 aromatic carbocycles. The number of unbranched alkanes of at least 4 members (excludes halogenated alkanes) is 5. The van der Waals surface area contributed by atoms with E-state index in [0.29, 0.717) is 12.2 Å². The van der Waals surface area contributed by atoms with E-state index in [1.54, 1.807) is 0 Å². The molecule has 2 heterocycles. The molecule has 0 bridgehead atoms. The molecule has 1 aliphatic heterocycles. The summed E-state index contributed by atoms with van der Waals surface area (Å²) in [5, 5.41) is 1.10. The molecule has 1 unspecified atom stereocenters. The van der Waals surface area contributed by atoms with E-state index in [1.807, 2.05) is 25.1 Å². The maximum atomic E-state index is 13.8. The van der Waals surface area contributed by atoms with Crippen molar-refractivity contribution in [2.24, 2.45) is 0 Å². The Bertz CT molecular complexity index is 1880. The molecule has 0 spiro atoms. The Labute approximate surface area is 286 Å². The van der Waals surface area contributed by atoms with Crippen LogP contribution in [0.3, 0.4) is 0 Å². The summed E-state index contributed by atoms with van der Waals surface area (Å²) in [6.45, 7) is 14.1. The smallest absolute Gasteiger partial charge is 0.340 e. The van der Waals surface area contributed by atoms with Gasteiger partial charge in [-0.3, -0.25) is 0 Å². The van der Waals surface area contributed by atoms with Crippen LogP contribution < -0.4 is 9.64 Å². The number of anilines is 1. The molecule has 0 saturated heterocycles. The number of ether oxygens (including phenoxy) is 2. The Morgan fingerprint density at radius 2 is 1.44 bits per heavy atom. The molecule has 5 nitrogen and oxygen atoms in total. The van der Waals surface area contributed by atoms with Gasteiger partial charge >= 0.3 is 5.97 Å². The first-order valence-corrected chi connectivity index (χ1v) is 18.0. The maximum Gasteiger partial charge on any atom is 0.340 e. The molecule has 0 radical (unpaired) electrons. The van der Waals surface area contributed by atoms with Gasteiger partial charge in [0.1, 0.15) is 5.75 Å². The Morgan fingerprint density at radius 1 is 0.750 bits per heavy atom. The quantitative estimate of drug-likeness (QED) is 0.0842. The van der Waals surface area contributed by atoms with E-state index in [0.717, 1.165) is 70.7 Å². The van der Waals surface area contributed by atoms with Crippen LogP contribution in [0.15, 0.2) is 91.0 Å². The summed E-state index contributed by atoms with van der Waals surface area (Å²) in [6.07, 6.45) is 7.41. The number of esters is 1. The predicted molar refractivity (Wildman–Crippen MR) is 198 cm³/mol. The first kappa shape index (κ1) is 33.4. The molecule has 1 aliphatic rings. The number of cyclic esters (lactones) is 1. The fourth-order valence-corrected chi connectivity index (χ4v) is 7.76. The highest BCUT2D eigenvalue weighted by Gasteiger charge is 2.52. The number of benzene rings is 4. The summed E-state index contributed by atoms with van der Waals surface area (Å²) in [4.78, 5) is 16.2. The largest absolute Gasteiger partial charge is 0.493 e. The highest BCUT2D eigenvalue weighted by atomic mass is 16.6. The third kappa shape index (κ3) is 5.89.